The van der Waals surface area contributed by atoms with Gasteiger partial charge in [-0.25, -0.2) is 9.36 Å². The number of nitrogens with zero attached hydrogens (tertiary/aromatic N) is 3. The average Bonchev–Trinajstić information content (AvgIpc) is 2.76. The summed E-state index contributed by atoms with van der Waals surface area (Å²) < 4.78 is 2.28. The highest BCUT2D eigenvalue weighted by molar-refractivity contribution is 6.42. The van der Waals surface area contributed by atoms with Crippen LogP contribution in [0.3, 0.4) is 0 Å². The number of halogens is 2. The van der Waals surface area contributed by atoms with Gasteiger partial charge in [0.25, 0.3) is 11.5 Å². The monoisotopic (exact) mass is 470 g/mol. The van der Waals surface area contributed by atoms with E-state index in [9.17, 15) is 19.6 Å². The minimum Gasteiger partial charge on any atom is -0.365 e. The van der Waals surface area contributed by atoms with E-state index in [1.165, 1.54) is 16.7 Å². The van der Waals surface area contributed by atoms with Crippen LogP contribution in [0.15, 0.2) is 52.1 Å². The summed E-state index contributed by atoms with van der Waals surface area (Å²) in [4.78, 5) is 39.1. The summed E-state index contributed by atoms with van der Waals surface area (Å²) in [5, 5.41) is 9.87. The summed E-state index contributed by atoms with van der Waals surface area (Å²) in [7, 11) is 0. The first-order valence-corrected chi connectivity index (χ1v) is 10.7. The molecule has 1 amide bonds. The maximum absolute atomic E-state index is 13.4. The Bertz CT molecular complexity index is 1350. The van der Waals surface area contributed by atoms with Crippen molar-refractivity contribution in [3.05, 3.63) is 95.7 Å². The molecule has 0 atom stereocenters. The van der Waals surface area contributed by atoms with Gasteiger partial charge in [-0.2, -0.15) is 5.26 Å². The molecule has 0 saturated carbocycles. The summed E-state index contributed by atoms with van der Waals surface area (Å²) >= 11 is 12.1. The Morgan fingerprint density at radius 3 is 2.50 bits per heavy atom. The van der Waals surface area contributed by atoms with Gasteiger partial charge in [0.05, 0.1) is 27.4 Å². The first kappa shape index (κ1) is 23.3. The quantitative estimate of drug-likeness (QED) is 0.567. The fourth-order valence-corrected chi connectivity index (χ4v) is 3.78. The van der Waals surface area contributed by atoms with Crippen molar-refractivity contribution in [1.29, 1.82) is 5.26 Å². The van der Waals surface area contributed by atoms with Crippen molar-refractivity contribution in [3.63, 3.8) is 0 Å². The molecule has 0 bridgehead atoms. The van der Waals surface area contributed by atoms with Crippen LogP contribution >= 0.6 is 23.2 Å². The van der Waals surface area contributed by atoms with Gasteiger partial charge in [-0.05, 0) is 42.3 Å². The number of amides is 1. The molecule has 0 aliphatic rings. The molecule has 3 aromatic rings. The van der Waals surface area contributed by atoms with Crippen molar-refractivity contribution < 1.29 is 4.79 Å². The molecule has 3 rings (SSSR count). The molecular weight excluding hydrogens is 451 g/mol. The molecular formula is C23H20Cl2N4O3. The van der Waals surface area contributed by atoms with Gasteiger partial charge in [0.2, 0.25) is 0 Å². The highest BCUT2D eigenvalue weighted by Gasteiger charge is 2.24. The molecule has 0 unspecified atom stereocenters. The molecule has 7 nitrogen and oxygen atoms in total. The Kier molecular flexibility index (Phi) is 7.18. The van der Waals surface area contributed by atoms with Crippen molar-refractivity contribution in [1.82, 2.24) is 9.13 Å². The summed E-state index contributed by atoms with van der Waals surface area (Å²) in [5.74, 6) is -0.944. The topological polar surface area (TPSA) is 111 Å². The first-order valence-electron chi connectivity index (χ1n) is 9.91. The van der Waals surface area contributed by atoms with Crippen LogP contribution in [-0.4, -0.2) is 15.0 Å². The van der Waals surface area contributed by atoms with Crippen LogP contribution in [0.1, 0.15) is 46.9 Å². The fraction of sp³-hybridized carbons (Fsp3) is 0.217. The molecule has 2 N–H and O–H groups in total. The van der Waals surface area contributed by atoms with Crippen molar-refractivity contribution in [2.24, 2.45) is 5.73 Å². The smallest absolute Gasteiger partial charge is 0.335 e. The summed E-state index contributed by atoms with van der Waals surface area (Å²) in [6.07, 6.45) is 1.51. The lowest BCUT2D eigenvalue weighted by molar-refractivity contribution is 0.0996. The van der Waals surface area contributed by atoms with Gasteiger partial charge >= 0.3 is 5.69 Å². The maximum atomic E-state index is 13.4. The zero-order valence-corrected chi connectivity index (χ0v) is 18.8. The summed E-state index contributed by atoms with van der Waals surface area (Å²) in [6, 6.07) is 13.0. The highest BCUT2D eigenvalue weighted by atomic mass is 35.5. The van der Waals surface area contributed by atoms with E-state index in [1.807, 2.05) is 13.0 Å². The lowest BCUT2D eigenvalue weighted by atomic mass is 10.0. The van der Waals surface area contributed by atoms with E-state index in [0.717, 1.165) is 11.0 Å². The number of nitrogens with two attached hydrogens (primary N) is 1. The van der Waals surface area contributed by atoms with E-state index >= 15 is 0 Å². The van der Waals surface area contributed by atoms with E-state index in [0.29, 0.717) is 22.0 Å². The second-order valence-electron chi connectivity index (χ2n) is 7.20. The maximum Gasteiger partial charge on any atom is 0.335 e. The third-order valence-corrected chi connectivity index (χ3v) is 5.76. The van der Waals surface area contributed by atoms with Gasteiger partial charge in [0.1, 0.15) is 5.56 Å². The van der Waals surface area contributed by atoms with Gasteiger partial charge in [-0.3, -0.25) is 14.2 Å². The Morgan fingerprint density at radius 2 is 1.88 bits per heavy atom. The third-order valence-electron chi connectivity index (χ3n) is 5.02. The van der Waals surface area contributed by atoms with E-state index in [1.54, 1.807) is 30.3 Å². The molecule has 2 aromatic carbocycles. The van der Waals surface area contributed by atoms with Crippen molar-refractivity contribution in [3.8, 4) is 11.8 Å². The molecule has 0 radical (unpaired) electrons. The van der Waals surface area contributed by atoms with Crippen LogP contribution in [0.4, 0.5) is 0 Å². The number of carbonyl (C=O) groups excluding carboxylic acids is 1. The van der Waals surface area contributed by atoms with Crippen LogP contribution in [0, 0.1) is 11.3 Å². The van der Waals surface area contributed by atoms with Crippen LogP contribution in [0.25, 0.3) is 5.69 Å². The van der Waals surface area contributed by atoms with E-state index < -0.39 is 17.2 Å². The Labute approximate surface area is 194 Å². The lowest BCUT2D eigenvalue weighted by Crippen LogP contribution is -2.45. The normalized spacial score (nSPS) is 10.7. The largest absolute Gasteiger partial charge is 0.365 e. The zero-order valence-electron chi connectivity index (χ0n) is 17.3. The number of hydrogen-bond acceptors (Lipinski definition) is 4. The number of aromatic nitrogens is 2. The van der Waals surface area contributed by atoms with Crippen LogP contribution < -0.4 is 17.0 Å². The Hall–Kier alpha value is -3.34. The Morgan fingerprint density at radius 1 is 1.12 bits per heavy atom. The summed E-state index contributed by atoms with van der Waals surface area (Å²) in [6.45, 7) is 2.25. The van der Waals surface area contributed by atoms with Crippen molar-refractivity contribution in [2.45, 2.75) is 32.7 Å². The van der Waals surface area contributed by atoms with Gasteiger partial charge in [0, 0.05) is 18.7 Å². The second kappa shape index (κ2) is 9.86. The number of hydrogen-bond donors (Lipinski definition) is 1. The molecule has 0 spiro atoms. The SMILES string of the molecule is CCCCn1c(Cc2ccc(Cl)c(Cl)c2)c(C(N)=O)c(=O)n(-c2cccc(C#N)c2)c1=O. The van der Waals surface area contributed by atoms with Crippen molar-refractivity contribution in [2.75, 3.05) is 0 Å². The van der Waals surface area contributed by atoms with Gasteiger partial charge < -0.3 is 5.73 Å². The minimum absolute atomic E-state index is 0.0857. The predicted molar refractivity (Wildman–Crippen MR) is 124 cm³/mol. The summed E-state index contributed by atoms with van der Waals surface area (Å²) in [5.41, 5.74) is 5.22. The molecule has 1 heterocycles. The van der Waals surface area contributed by atoms with Gasteiger partial charge in [-0.1, -0.05) is 48.7 Å². The van der Waals surface area contributed by atoms with Crippen LogP contribution in [0.5, 0.6) is 0 Å². The molecule has 9 heteroatoms. The minimum atomic E-state index is -0.944. The predicted octanol–water partition coefficient (Wildman–Crippen LogP) is 3.67. The lowest BCUT2D eigenvalue weighted by Gasteiger charge is -2.19. The molecule has 164 valence electrons. The van der Waals surface area contributed by atoms with Gasteiger partial charge in [-0.15, -0.1) is 0 Å². The molecule has 0 fully saturated rings. The zero-order chi connectivity index (χ0) is 23.4. The third kappa shape index (κ3) is 4.62. The molecule has 0 aliphatic heterocycles. The van der Waals surface area contributed by atoms with Crippen LogP contribution in [0.2, 0.25) is 10.0 Å². The number of unbranched alkanes of at least 4 members (excludes halogenated alkanes) is 1. The highest BCUT2D eigenvalue weighted by Crippen LogP contribution is 2.24. The van der Waals surface area contributed by atoms with E-state index in [2.05, 4.69) is 0 Å². The van der Waals surface area contributed by atoms with E-state index in [-0.39, 0.29) is 35.5 Å². The number of benzene rings is 2. The second-order valence-corrected chi connectivity index (χ2v) is 8.02. The van der Waals surface area contributed by atoms with E-state index in [4.69, 9.17) is 28.9 Å². The fourth-order valence-electron chi connectivity index (χ4n) is 3.46. The molecule has 32 heavy (non-hydrogen) atoms. The molecule has 0 aliphatic carbocycles. The standard InChI is InChI=1S/C23H20Cl2N4O3/c1-2-3-9-28-19(12-14-7-8-17(24)18(25)11-14)20(21(27)30)22(31)29(23(28)32)16-6-4-5-15(10-16)13-26/h4-8,10-11H,2-3,9,12H2,1H3,(H2,27,30). The van der Waals surface area contributed by atoms with Gasteiger partial charge in [0.15, 0.2) is 0 Å². The van der Waals surface area contributed by atoms with Crippen LogP contribution in [-0.2, 0) is 13.0 Å². The Balaban J connectivity index is 2.34. The number of rotatable bonds is 7. The molecule has 1 aromatic heterocycles. The molecule has 0 saturated heterocycles. The number of nitriles is 1. The number of primary amides is 1. The average molecular weight is 471 g/mol. The number of carbonyl (C=O) groups is 1. The van der Waals surface area contributed by atoms with Crippen molar-refractivity contribution >= 4 is 29.1 Å². The first-order chi connectivity index (χ1) is 15.3.